The number of rotatable bonds is 5. The second-order valence-electron chi connectivity index (χ2n) is 6.09. The van der Waals surface area contributed by atoms with E-state index in [-0.39, 0.29) is 22.8 Å². The number of anilines is 1. The zero-order chi connectivity index (χ0) is 21.2. The van der Waals surface area contributed by atoms with Crippen molar-refractivity contribution in [2.45, 2.75) is 11.0 Å². The summed E-state index contributed by atoms with van der Waals surface area (Å²) in [4.78, 5) is 26.4. The highest BCUT2D eigenvalue weighted by atomic mass is 32.2. The standard InChI is InChI=1S/C19H20N2O7S/c1-20-29(24,25)17-10-12(8-9-15(17)26-2)18(22)21-11-16(19(23)27-3)28-14-7-5-4-6-13(14)21/h4-10,16,20H,11H2,1-3H3. The summed E-state index contributed by atoms with van der Waals surface area (Å²) in [5.41, 5.74) is 0.575. The number of ether oxygens (including phenoxy) is 3. The summed E-state index contributed by atoms with van der Waals surface area (Å²) in [6, 6.07) is 10.9. The van der Waals surface area contributed by atoms with E-state index >= 15 is 0 Å². The molecule has 0 saturated heterocycles. The smallest absolute Gasteiger partial charge is 0.348 e. The van der Waals surface area contributed by atoms with E-state index in [0.717, 1.165) is 0 Å². The van der Waals surface area contributed by atoms with Gasteiger partial charge in [-0.25, -0.2) is 17.9 Å². The Kier molecular flexibility index (Phi) is 5.76. The van der Waals surface area contributed by atoms with Gasteiger partial charge in [0.1, 0.15) is 16.4 Å². The molecule has 0 saturated carbocycles. The van der Waals surface area contributed by atoms with Gasteiger partial charge < -0.3 is 19.1 Å². The van der Waals surface area contributed by atoms with E-state index in [9.17, 15) is 18.0 Å². The van der Waals surface area contributed by atoms with Crippen LogP contribution in [-0.2, 0) is 19.6 Å². The lowest BCUT2D eigenvalue weighted by Crippen LogP contribution is -2.47. The zero-order valence-corrected chi connectivity index (χ0v) is 16.9. The average molecular weight is 420 g/mol. The van der Waals surface area contributed by atoms with E-state index in [1.54, 1.807) is 24.3 Å². The molecule has 0 fully saturated rings. The normalized spacial score (nSPS) is 15.8. The molecule has 0 spiro atoms. The minimum Gasteiger partial charge on any atom is -0.495 e. The molecule has 1 aliphatic heterocycles. The number of carbonyl (C=O) groups is 2. The van der Waals surface area contributed by atoms with Gasteiger partial charge in [0.05, 0.1) is 26.5 Å². The lowest BCUT2D eigenvalue weighted by Gasteiger charge is -2.33. The summed E-state index contributed by atoms with van der Waals surface area (Å²) < 4.78 is 42.3. The molecule has 1 unspecified atom stereocenters. The molecule has 29 heavy (non-hydrogen) atoms. The fourth-order valence-electron chi connectivity index (χ4n) is 2.97. The largest absolute Gasteiger partial charge is 0.495 e. The third-order valence-electron chi connectivity index (χ3n) is 4.45. The van der Waals surface area contributed by atoms with Gasteiger partial charge in [-0.2, -0.15) is 0 Å². The molecule has 10 heteroatoms. The molecule has 154 valence electrons. The van der Waals surface area contributed by atoms with Crippen LogP contribution in [0.3, 0.4) is 0 Å². The molecule has 3 rings (SSSR count). The number of hydrogen-bond acceptors (Lipinski definition) is 7. The van der Waals surface area contributed by atoms with Gasteiger partial charge in [-0.3, -0.25) is 4.79 Å². The Balaban J connectivity index is 2.05. The van der Waals surface area contributed by atoms with Crippen LogP contribution in [0.1, 0.15) is 10.4 Å². The summed E-state index contributed by atoms with van der Waals surface area (Å²) in [7, 11) is -0.0238. The number of benzene rings is 2. The number of carbonyl (C=O) groups excluding carboxylic acids is 2. The molecule has 1 amide bonds. The maximum absolute atomic E-state index is 13.2. The number of fused-ring (bicyclic) bond motifs is 1. The first kappa shape index (κ1) is 20.6. The van der Waals surface area contributed by atoms with Crippen LogP contribution in [0.2, 0.25) is 0 Å². The van der Waals surface area contributed by atoms with Gasteiger partial charge in [-0.05, 0) is 37.4 Å². The average Bonchev–Trinajstić information content (AvgIpc) is 2.76. The van der Waals surface area contributed by atoms with Gasteiger partial charge in [0.15, 0.2) is 0 Å². The number of amides is 1. The molecule has 1 N–H and O–H groups in total. The van der Waals surface area contributed by atoms with Gasteiger partial charge in [0.25, 0.3) is 5.91 Å². The fraction of sp³-hybridized carbons (Fsp3) is 0.263. The van der Waals surface area contributed by atoms with Crippen LogP contribution in [0.5, 0.6) is 11.5 Å². The molecule has 2 aromatic carbocycles. The van der Waals surface area contributed by atoms with Crippen molar-refractivity contribution >= 4 is 27.6 Å². The maximum Gasteiger partial charge on any atom is 0.348 e. The highest BCUT2D eigenvalue weighted by Gasteiger charge is 2.35. The molecule has 0 aliphatic carbocycles. The number of hydrogen-bond donors (Lipinski definition) is 1. The molecule has 1 heterocycles. The Hall–Kier alpha value is -3.11. The second kappa shape index (κ2) is 8.10. The highest BCUT2D eigenvalue weighted by molar-refractivity contribution is 7.89. The Morgan fingerprint density at radius 3 is 2.55 bits per heavy atom. The molecule has 1 atom stereocenters. The first-order valence-corrected chi connectivity index (χ1v) is 10.1. The topological polar surface area (TPSA) is 111 Å². The third-order valence-corrected chi connectivity index (χ3v) is 5.89. The van der Waals surface area contributed by atoms with Crippen molar-refractivity contribution in [2.24, 2.45) is 0 Å². The third kappa shape index (κ3) is 3.89. The maximum atomic E-state index is 13.2. The van der Waals surface area contributed by atoms with Crippen molar-refractivity contribution in [3.63, 3.8) is 0 Å². The summed E-state index contributed by atoms with van der Waals surface area (Å²) >= 11 is 0. The van der Waals surface area contributed by atoms with E-state index < -0.39 is 28.0 Å². The van der Waals surface area contributed by atoms with Crippen molar-refractivity contribution in [2.75, 3.05) is 32.7 Å². The summed E-state index contributed by atoms with van der Waals surface area (Å²) in [6.07, 6.45) is -1.00. The number of methoxy groups -OCH3 is 2. The van der Waals surface area contributed by atoms with Crippen LogP contribution >= 0.6 is 0 Å². The lowest BCUT2D eigenvalue weighted by molar-refractivity contribution is -0.148. The molecular weight excluding hydrogens is 400 g/mol. The van der Waals surface area contributed by atoms with E-state index in [1.807, 2.05) is 0 Å². The van der Waals surface area contributed by atoms with Crippen molar-refractivity contribution in [3.05, 3.63) is 48.0 Å². The Morgan fingerprint density at radius 2 is 1.90 bits per heavy atom. The number of nitrogens with one attached hydrogen (secondary N) is 1. The number of nitrogens with zero attached hydrogens (tertiary/aromatic N) is 1. The molecule has 0 bridgehead atoms. The Morgan fingerprint density at radius 1 is 1.17 bits per heavy atom. The van der Waals surface area contributed by atoms with E-state index in [1.165, 1.54) is 44.4 Å². The van der Waals surface area contributed by atoms with Crippen LogP contribution in [0.4, 0.5) is 5.69 Å². The van der Waals surface area contributed by atoms with Crippen LogP contribution in [0.15, 0.2) is 47.4 Å². The van der Waals surface area contributed by atoms with E-state index in [0.29, 0.717) is 11.4 Å². The molecule has 2 aromatic rings. The first-order chi connectivity index (χ1) is 13.8. The summed E-state index contributed by atoms with van der Waals surface area (Å²) in [6.45, 7) is -0.0807. The lowest BCUT2D eigenvalue weighted by atomic mass is 10.1. The van der Waals surface area contributed by atoms with Crippen molar-refractivity contribution in [3.8, 4) is 11.5 Å². The van der Waals surface area contributed by atoms with Crippen LogP contribution in [0.25, 0.3) is 0 Å². The van der Waals surface area contributed by atoms with Gasteiger partial charge in [-0.15, -0.1) is 0 Å². The van der Waals surface area contributed by atoms with Crippen LogP contribution in [0, 0.1) is 0 Å². The molecule has 1 aliphatic rings. The van der Waals surface area contributed by atoms with Gasteiger partial charge >= 0.3 is 5.97 Å². The van der Waals surface area contributed by atoms with Crippen molar-refractivity contribution < 1.29 is 32.2 Å². The van der Waals surface area contributed by atoms with Gasteiger partial charge in [0.2, 0.25) is 16.1 Å². The Bertz CT molecular complexity index is 1050. The molecule has 0 radical (unpaired) electrons. The van der Waals surface area contributed by atoms with E-state index in [4.69, 9.17) is 14.2 Å². The minimum atomic E-state index is -3.86. The quantitative estimate of drug-likeness (QED) is 0.723. The van der Waals surface area contributed by atoms with Crippen molar-refractivity contribution in [1.82, 2.24) is 4.72 Å². The molecule has 0 aromatic heterocycles. The summed E-state index contributed by atoms with van der Waals surface area (Å²) in [5, 5.41) is 0. The number of para-hydroxylation sites is 2. The Labute approximate surface area is 168 Å². The SMILES string of the molecule is CNS(=O)(=O)c1cc(C(=O)N2CC(C(=O)OC)Oc3ccccc32)ccc1OC. The monoisotopic (exact) mass is 420 g/mol. The predicted molar refractivity (Wildman–Crippen MR) is 104 cm³/mol. The fourth-order valence-corrected chi connectivity index (χ4v) is 3.88. The number of sulfonamides is 1. The first-order valence-electron chi connectivity index (χ1n) is 8.59. The summed E-state index contributed by atoms with van der Waals surface area (Å²) in [5.74, 6) is -0.667. The van der Waals surface area contributed by atoms with E-state index in [2.05, 4.69) is 4.72 Å². The number of esters is 1. The van der Waals surface area contributed by atoms with Gasteiger partial charge in [0, 0.05) is 5.56 Å². The van der Waals surface area contributed by atoms with Gasteiger partial charge in [-0.1, -0.05) is 12.1 Å². The molecular formula is C19H20N2O7S. The molecule has 9 nitrogen and oxygen atoms in total. The van der Waals surface area contributed by atoms with Crippen LogP contribution < -0.4 is 19.1 Å². The predicted octanol–water partition coefficient (Wildman–Crippen LogP) is 1.18. The van der Waals surface area contributed by atoms with Crippen molar-refractivity contribution in [1.29, 1.82) is 0 Å². The van der Waals surface area contributed by atoms with Crippen LogP contribution in [-0.4, -0.2) is 54.2 Å². The zero-order valence-electron chi connectivity index (χ0n) is 16.0. The second-order valence-corrected chi connectivity index (χ2v) is 7.94. The minimum absolute atomic E-state index is 0.0807. The highest BCUT2D eigenvalue weighted by Crippen LogP contribution is 2.35.